The summed E-state index contributed by atoms with van der Waals surface area (Å²) in [7, 11) is 1.39. The number of para-hydroxylation sites is 1. The molecular formula is C12H9BrFNO2. The second kappa shape index (κ2) is 5.14. The Morgan fingerprint density at radius 1 is 1.24 bits per heavy atom. The van der Waals surface area contributed by atoms with E-state index in [1.165, 1.54) is 13.2 Å². The van der Waals surface area contributed by atoms with Crippen molar-refractivity contribution >= 4 is 15.9 Å². The van der Waals surface area contributed by atoms with E-state index in [0.29, 0.717) is 10.4 Å². The molecule has 88 valence electrons. The van der Waals surface area contributed by atoms with Crippen LogP contribution < -0.4 is 9.47 Å². The topological polar surface area (TPSA) is 31.4 Å². The Hall–Kier alpha value is -1.62. The molecule has 0 aliphatic heterocycles. The van der Waals surface area contributed by atoms with Crippen molar-refractivity contribution in [3.63, 3.8) is 0 Å². The third-order valence-corrected chi connectivity index (χ3v) is 2.67. The Labute approximate surface area is 106 Å². The highest BCUT2D eigenvalue weighted by Crippen LogP contribution is 2.35. The van der Waals surface area contributed by atoms with Crippen LogP contribution in [-0.4, -0.2) is 12.1 Å². The van der Waals surface area contributed by atoms with Crippen LogP contribution in [0, 0.1) is 5.82 Å². The number of pyridine rings is 1. The SMILES string of the molecule is COc1c(F)cccc1Oc1ncccc1Br. The molecule has 2 aromatic rings. The molecule has 3 nitrogen and oxygen atoms in total. The number of halogens is 2. The molecule has 1 aromatic carbocycles. The zero-order valence-corrected chi connectivity index (χ0v) is 10.6. The van der Waals surface area contributed by atoms with Gasteiger partial charge in [-0.05, 0) is 40.2 Å². The maximum atomic E-state index is 13.4. The third-order valence-electron chi connectivity index (χ3n) is 2.07. The van der Waals surface area contributed by atoms with Crippen molar-refractivity contribution in [2.75, 3.05) is 7.11 Å². The highest BCUT2D eigenvalue weighted by molar-refractivity contribution is 9.10. The highest BCUT2D eigenvalue weighted by Gasteiger charge is 2.12. The quantitative estimate of drug-likeness (QED) is 0.864. The smallest absolute Gasteiger partial charge is 0.233 e. The number of aromatic nitrogens is 1. The van der Waals surface area contributed by atoms with E-state index >= 15 is 0 Å². The molecule has 5 heteroatoms. The second-order valence-corrected chi connectivity index (χ2v) is 4.02. The molecular weight excluding hydrogens is 289 g/mol. The monoisotopic (exact) mass is 297 g/mol. The van der Waals surface area contributed by atoms with Gasteiger partial charge in [-0.1, -0.05) is 6.07 Å². The van der Waals surface area contributed by atoms with E-state index < -0.39 is 5.82 Å². The molecule has 1 heterocycles. The van der Waals surface area contributed by atoms with Gasteiger partial charge in [0.15, 0.2) is 17.3 Å². The van der Waals surface area contributed by atoms with Crippen molar-refractivity contribution in [1.82, 2.24) is 4.98 Å². The van der Waals surface area contributed by atoms with Crippen LogP contribution >= 0.6 is 15.9 Å². The zero-order chi connectivity index (χ0) is 12.3. The van der Waals surface area contributed by atoms with Gasteiger partial charge in [0.25, 0.3) is 0 Å². The number of nitrogens with zero attached hydrogens (tertiary/aromatic N) is 1. The van der Waals surface area contributed by atoms with Gasteiger partial charge in [-0.15, -0.1) is 0 Å². The number of hydrogen-bond acceptors (Lipinski definition) is 3. The Morgan fingerprint density at radius 3 is 2.76 bits per heavy atom. The Morgan fingerprint density at radius 2 is 2.06 bits per heavy atom. The molecule has 2 rings (SSSR count). The average molecular weight is 298 g/mol. The van der Waals surface area contributed by atoms with E-state index in [1.807, 2.05) is 0 Å². The minimum atomic E-state index is -0.475. The summed E-state index contributed by atoms with van der Waals surface area (Å²) in [4.78, 5) is 4.03. The van der Waals surface area contributed by atoms with Crippen molar-refractivity contribution in [3.8, 4) is 17.4 Å². The summed E-state index contributed by atoms with van der Waals surface area (Å²) in [6.07, 6.45) is 1.59. The molecule has 0 atom stereocenters. The van der Waals surface area contributed by atoms with Gasteiger partial charge in [-0.2, -0.15) is 0 Å². The van der Waals surface area contributed by atoms with Crippen molar-refractivity contribution in [3.05, 3.63) is 46.8 Å². The molecule has 0 N–H and O–H groups in total. The molecule has 0 saturated carbocycles. The van der Waals surface area contributed by atoms with Gasteiger partial charge in [0.2, 0.25) is 5.88 Å². The van der Waals surface area contributed by atoms with E-state index in [4.69, 9.17) is 9.47 Å². The maximum Gasteiger partial charge on any atom is 0.233 e. The summed E-state index contributed by atoms with van der Waals surface area (Å²) < 4.78 is 24.5. The third kappa shape index (κ3) is 2.55. The van der Waals surface area contributed by atoms with Gasteiger partial charge in [-0.25, -0.2) is 9.37 Å². The van der Waals surface area contributed by atoms with E-state index in [2.05, 4.69) is 20.9 Å². The first kappa shape index (κ1) is 11.9. The molecule has 0 spiro atoms. The van der Waals surface area contributed by atoms with E-state index in [-0.39, 0.29) is 11.5 Å². The number of methoxy groups -OCH3 is 1. The molecule has 0 unspecified atom stereocenters. The Balaban J connectivity index is 2.37. The molecule has 0 bridgehead atoms. The minimum absolute atomic E-state index is 0.0602. The Kier molecular flexibility index (Phi) is 3.58. The predicted octanol–water partition coefficient (Wildman–Crippen LogP) is 3.78. The number of ether oxygens (including phenoxy) is 2. The van der Waals surface area contributed by atoms with Gasteiger partial charge in [0, 0.05) is 6.20 Å². The maximum absolute atomic E-state index is 13.4. The van der Waals surface area contributed by atoms with E-state index in [1.54, 1.807) is 30.5 Å². The fourth-order valence-corrected chi connectivity index (χ4v) is 1.65. The van der Waals surface area contributed by atoms with Crippen molar-refractivity contribution in [1.29, 1.82) is 0 Å². The van der Waals surface area contributed by atoms with Crippen LogP contribution in [0.25, 0.3) is 0 Å². The van der Waals surface area contributed by atoms with Gasteiger partial charge in [0.05, 0.1) is 11.6 Å². The van der Waals surface area contributed by atoms with Crippen molar-refractivity contribution in [2.24, 2.45) is 0 Å². The molecule has 0 radical (unpaired) electrons. The molecule has 1 aromatic heterocycles. The lowest BCUT2D eigenvalue weighted by Gasteiger charge is -2.10. The fraction of sp³-hybridized carbons (Fsp3) is 0.0833. The number of benzene rings is 1. The summed E-state index contributed by atoms with van der Waals surface area (Å²) in [5.74, 6) is 0.227. The van der Waals surface area contributed by atoms with Crippen LogP contribution in [0.2, 0.25) is 0 Å². The standard InChI is InChI=1S/C12H9BrFNO2/c1-16-11-9(14)5-2-6-10(11)17-12-8(13)4-3-7-15-12/h2-7H,1H3. The van der Waals surface area contributed by atoms with Crippen molar-refractivity contribution < 1.29 is 13.9 Å². The van der Waals surface area contributed by atoms with Crippen LogP contribution in [0.15, 0.2) is 41.0 Å². The summed E-state index contributed by atoms with van der Waals surface area (Å²) in [5.41, 5.74) is 0. The zero-order valence-electron chi connectivity index (χ0n) is 8.98. The predicted molar refractivity (Wildman–Crippen MR) is 65.0 cm³/mol. The first-order chi connectivity index (χ1) is 8.22. The molecule has 0 aliphatic rings. The van der Waals surface area contributed by atoms with Gasteiger partial charge >= 0.3 is 0 Å². The van der Waals surface area contributed by atoms with Crippen LogP contribution in [0.3, 0.4) is 0 Å². The minimum Gasteiger partial charge on any atom is -0.490 e. The first-order valence-electron chi connectivity index (χ1n) is 4.83. The summed E-state index contributed by atoms with van der Waals surface area (Å²) in [6.45, 7) is 0. The summed E-state index contributed by atoms with van der Waals surface area (Å²) in [5, 5.41) is 0. The summed E-state index contributed by atoms with van der Waals surface area (Å²) >= 11 is 3.30. The lowest BCUT2D eigenvalue weighted by atomic mass is 10.3. The average Bonchev–Trinajstić information content (AvgIpc) is 2.32. The summed E-state index contributed by atoms with van der Waals surface area (Å²) in [6, 6.07) is 8.01. The van der Waals surface area contributed by atoms with Gasteiger partial charge in [0.1, 0.15) is 0 Å². The highest BCUT2D eigenvalue weighted by atomic mass is 79.9. The second-order valence-electron chi connectivity index (χ2n) is 3.16. The van der Waals surface area contributed by atoms with Crippen LogP contribution in [0.1, 0.15) is 0 Å². The molecule has 0 amide bonds. The molecule has 0 saturated heterocycles. The van der Waals surface area contributed by atoms with Crippen molar-refractivity contribution in [2.45, 2.75) is 0 Å². The van der Waals surface area contributed by atoms with E-state index in [9.17, 15) is 4.39 Å². The largest absolute Gasteiger partial charge is 0.490 e. The van der Waals surface area contributed by atoms with E-state index in [0.717, 1.165) is 0 Å². The number of rotatable bonds is 3. The Bertz CT molecular complexity index is 534. The fourth-order valence-electron chi connectivity index (χ4n) is 1.32. The number of hydrogen-bond donors (Lipinski definition) is 0. The van der Waals surface area contributed by atoms with Gasteiger partial charge in [-0.3, -0.25) is 0 Å². The van der Waals surface area contributed by atoms with Crippen LogP contribution in [-0.2, 0) is 0 Å². The molecule has 17 heavy (non-hydrogen) atoms. The molecule has 0 aliphatic carbocycles. The first-order valence-corrected chi connectivity index (χ1v) is 5.62. The van der Waals surface area contributed by atoms with Crippen LogP contribution in [0.5, 0.6) is 17.4 Å². The molecule has 0 fully saturated rings. The normalized spacial score (nSPS) is 10.1. The lowest BCUT2D eigenvalue weighted by Crippen LogP contribution is -1.94. The van der Waals surface area contributed by atoms with Gasteiger partial charge < -0.3 is 9.47 Å². The van der Waals surface area contributed by atoms with Crippen LogP contribution in [0.4, 0.5) is 4.39 Å². The lowest BCUT2D eigenvalue weighted by molar-refractivity contribution is 0.352.